The van der Waals surface area contributed by atoms with Crippen LogP contribution in [0.1, 0.15) is 43.7 Å². The molecule has 6 nitrogen and oxygen atoms in total. The summed E-state index contributed by atoms with van der Waals surface area (Å²) in [6.07, 6.45) is 6.66. The molecule has 6 heteroatoms. The molecule has 1 atom stereocenters. The van der Waals surface area contributed by atoms with Gasteiger partial charge in [-0.3, -0.25) is 4.90 Å². The van der Waals surface area contributed by atoms with Crippen LogP contribution in [0.25, 0.3) is 0 Å². The number of benzene rings is 2. The molecule has 0 radical (unpaired) electrons. The van der Waals surface area contributed by atoms with E-state index >= 15 is 0 Å². The zero-order valence-corrected chi connectivity index (χ0v) is 22.1. The van der Waals surface area contributed by atoms with Gasteiger partial charge in [0.1, 0.15) is 5.82 Å². The summed E-state index contributed by atoms with van der Waals surface area (Å²) in [5.41, 5.74) is 2.73. The molecule has 4 rings (SSSR count). The maximum absolute atomic E-state index is 4.62. The predicted molar refractivity (Wildman–Crippen MR) is 150 cm³/mol. The van der Waals surface area contributed by atoms with E-state index in [0.717, 1.165) is 43.9 Å². The molecule has 1 aromatic heterocycles. The van der Waals surface area contributed by atoms with Crippen molar-refractivity contribution in [3.05, 3.63) is 84.1 Å². The van der Waals surface area contributed by atoms with Gasteiger partial charge in [-0.15, -0.1) is 0 Å². The van der Waals surface area contributed by atoms with E-state index in [0.29, 0.717) is 12.1 Å². The molecule has 36 heavy (non-hydrogen) atoms. The number of rotatable bonds is 12. The standard InChI is InChI=1S/C30H42N6/c1-24(36(22-26-10-6-4-7-11-26)23-27-12-8-5-9-13-27)20-31-21-25-14-16-28(17-15-25)33-30-32-19-18-29(34-30)35(2)3/h4-13,18-19,24-25,28,31H,14-17,20-23H2,1-3H3,(H,32,33,34)/t24-,25?,28?/m0/s1. The van der Waals surface area contributed by atoms with Gasteiger partial charge in [0, 0.05) is 52.0 Å². The first-order chi connectivity index (χ1) is 17.6. The maximum Gasteiger partial charge on any atom is 0.224 e. The molecule has 2 N–H and O–H groups in total. The topological polar surface area (TPSA) is 56.3 Å². The zero-order chi connectivity index (χ0) is 25.2. The van der Waals surface area contributed by atoms with Gasteiger partial charge in [0.05, 0.1) is 0 Å². The second kappa shape index (κ2) is 13.4. The van der Waals surface area contributed by atoms with E-state index in [9.17, 15) is 0 Å². The molecule has 3 aromatic rings. The first kappa shape index (κ1) is 26.1. The van der Waals surface area contributed by atoms with E-state index in [-0.39, 0.29) is 0 Å². The number of aromatic nitrogens is 2. The highest BCUT2D eigenvalue weighted by Crippen LogP contribution is 2.26. The summed E-state index contributed by atoms with van der Waals surface area (Å²) in [5, 5.41) is 7.36. The Bertz CT molecular complexity index is 976. The lowest BCUT2D eigenvalue weighted by molar-refractivity contribution is 0.183. The highest BCUT2D eigenvalue weighted by molar-refractivity contribution is 5.41. The molecule has 1 heterocycles. The largest absolute Gasteiger partial charge is 0.363 e. The molecule has 0 aliphatic heterocycles. The highest BCUT2D eigenvalue weighted by atomic mass is 15.2. The Morgan fingerprint density at radius 1 is 0.861 bits per heavy atom. The van der Waals surface area contributed by atoms with Crippen molar-refractivity contribution in [1.29, 1.82) is 0 Å². The number of hydrogen-bond donors (Lipinski definition) is 2. The molecular formula is C30H42N6. The van der Waals surface area contributed by atoms with Crippen molar-refractivity contribution < 1.29 is 0 Å². The summed E-state index contributed by atoms with van der Waals surface area (Å²) >= 11 is 0. The molecule has 0 bridgehead atoms. The van der Waals surface area contributed by atoms with Crippen LogP contribution in [-0.2, 0) is 13.1 Å². The Kier molecular flexibility index (Phi) is 9.70. The third-order valence-corrected chi connectivity index (χ3v) is 7.23. The van der Waals surface area contributed by atoms with Crippen molar-refractivity contribution in [2.24, 2.45) is 5.92 Å². The van der Waals surface area contributed by atoms with Crippen LogP contribution in [0.4, 0.5) is 11.8 Å². The van der Waals surface area contributed by atoms with Gasteiger partial charge >= 0.3 is 0 Å². The van der Waals surface area contributed by atoms with E-state index in [1.807, 2.05) is 31.3 Å². The molecule has 1 aliphatic rings. The fourth-order valence-electron chi connectivity index (χ4n) is 4.99. The summed E-state index contributed by atoms with van der Waals surface area (Å²) in [6, 6.07) is 24.5. The average molecular weight is 487 g/mol. The Morgan fingerprint density at radius 3 is 2.06 bits per heavy atom. The van der Waals surface area contributed by atoms with Crippen LogP contribution in [0.15, 0.2) is 72.9 Å². The van der Waals surface area contributed by atoms with Gasteiger partial charge in [0.25, 0.3) is 0 Å². The molecule has 0 unspecified atom stereocenters. The highest BCUT2D eigenvalue weighted by Gasteiger charge is 2.22. The van der Waals surface area contributed by atoms with E-state index in [2.05, 4.69) is 93.1 Å². The van der Waals surface area contributed by atoms with Crippen molar-refractivity contribution >= 4 is 11.8 Å². The van der Waals surface area contributed by atoms with Gasteiger partial charge in [0.15, 0.2) is 0 Å². The fraction of sp³-hybridized carbons (Fsp3) is 0.467. The minimum absolute atomic E-state index is 0.449. The number of nitrogens with zero attached hydrogens (tertiary/aromatic N) is 4. The normalized spacial score (nSPS) is 18.7. The summed E-state index contributed by atoms with van der Waals surface area (Å²) in [6.45, 7) is 6.37. The lowest BCUT2D eigenvalue weighted by Crippen LogP contribution is -2.41. The maximum atomic E-state index is 4.62. The van der Waals surface area contributed by atoms with Gasteiger partial charge in [-0.2, -0.15) is 4.98 Å². The van der Waals surface area contributed by atoms with Gasteiger partial charge < -0.3 is 15.5 Å². The predicted octanol–water partition coefficient (Wildman–Crippen LogP) is 5.19. The molecule has 1 saturated carbocycles. The zero-order valence-electron chi connectivity index (χ0n) is 22.1. The second-order valence-electron chi connectivity index (χ2n) is 10.4. The van der Waals surface area contributed by atoms with Crippen LogP contribution in [0, 0.1) is 5.92 Å². The lowest BCUT2D eigenvalue weighted by atomic mass is 9.86. The SMILES string of the molecule is C[C@@H](CNCC1CCC(Nc2nccc(N(C)C)n2)CC1)N(Cc1ccccc1)Cc1ccccc1. The number of nitrogens with one attached hydrogen (secondary N) is 2. The van der Waals surface area contributed by atoms with Crippen molar-refractivity contribution in [1.82, 2.24) is 20.2 Å². The lowest BCUT2D eigenvalue weighted by Gasteiger charge is -2.32. The molecule has 2 aromatic carbocycles. The van der Waals surface area contributed by atoms with Crippen LogP contribution in [0.3, 0.4) is 0 Å². The molecule has 1 aliphatic carbocycles. The molecule has 0 spiro atoms. The van der Waals surface area contributed by atoms with Crippen LogP contribution in [0.2, 0.25) is 0 Å². The minimum atomic E-state index is 0.449. The minimum Gasteiger partial charge on any atom is -0.363 e. The molecule has 192 valence electrons. The van der Waals surface area contributed by atoms with Crippen LogP contribution in [-0.4, -0.2) is 54.1 Å². The third kappa shape index (κ3) is 8.04. The van der Waals surface area contributed by atoms with Crippen molar-refractivity contribution in [2.45, 2.75) is 57.8 Å². The smallest absolute Gasteiger partial charge is 0.224 e. The first-order valence-electron chi connectivity index (χ1n) is 13.4. The molecular weight excluding hydrogens is 444 g/mol. The van der Waals surface area contributed by atoms with Crippen molar-refractivity contribution in [3.8, 4) is 0 Å². The summed E-state index contributed by atoms with van der Waals surface area (Å²) in [4.78, 5) is 13.6. The third-order valence-electron chi connectivity index (χ3n) is 7.23. The summed E-state index contributed by atoms with van der Waals surface area (Å²) in [7, 11) is 4.02. The van der Waals surface area contributed by atoms with Gasteiger partial charge in [-0.25, -0.2) is 4.98 Å². The Hall–Kier alpha value is -2.96. The average Bonchev–Trinajstić information content (AvgIpc) is 2.90. The van der Waals surface area contributed by atoms with Gasteiger partial charge in [-0.05, 0) is 62.3 Å². The monoisotopic (exact) mass is 486 g/mol. The quantitative estimate of drug-likeness (QED) is 0.367. The Labute approximate surface area is 217 Å². The fourth-order valence-corrected chi connectivity index (χ4v) is 4.99. The van der Waals surface area contributed by atoms with Gasteiger partial charge in [0.2, 0.25) is 5.95 Å². The molecule has 1 fully saturated rings. The second-order valence-corrected chi connectivity index (χ2v) is 10.4. The van der Waals surface area contributed by atoms with Crippen LogP contribution < -0.4 is 15.5 Å². The van der Waals surface area contributed by atoms with E-state index in [1.165, 1.54) is 36.8 Å². The van der Waals surface area contributed by atoms with Crippen LogP contribution in [0.5, 0.6) is 0 Å². The molecule has 0 saturated heterocycles. The summed E-state index contributed by atoms with van der Waals surface area (Å²) < 4.78 is 0. The molecule has 0 amide bonds. The first-order valence-corrected chi connectivity index (χ1v) is 13.4. The van der Waals surface area contributed by atoms with E-state index in [1.54, 1.807) is 0 Å². The number of hydrogen-bond acceptors (Lipinski definition) is 6. The van der Waals surface area contributed by atoms with E-state index < -0.39 is 0 Å². The van der Waals surface area contributed by atoms with Crippen molar-refractivity contribution in [3.63, 3.8) is 0 Å². The van der Waals surface area contributed by atoms with Crippen LogP contribution >= 0.6 is 0 Å². The Balaban J connectivity index is 1.22. The Morgan fingerprint density at radius 2 is 1.47 bits per heavy atom. The van der Waals surface area contributed by atoms with Crippen molar-refractivity contribution in [2.75, 3.05) is 37.4 Å². The van der Waals surface area contributed by atoms with E-state index in [4.69, 9.17) is 0 Å². The number of anilines is 2. The van der Waals surface area contributed by atoms with Gasteiger partial charge in [-0.1, -0.05) is 60.7 Å². The summed E-state index contributed by atoms with van der Waals surface area (Å²) in [5.74, 6) is 2.42.